The predicted octanol–water partition coefficient (Wildman–Crippen LogP) is 3.25. The van der Waals surface area contributed by atoms with Crippen molar-refractivity contribution in [2.24, 2.45) is 0 Å². The standard InChI is InChI=1S/C15H19N3O2S2/c1-10-9-21-13(16-10)15(2,3)18-14(19)17-11-6-5-7-12(8-11)22(4)20/h5-9H,1-4H3,(H2,17,18,19)/t22-/m1/s1. The van der Waals surface area contributed by atoms with Crippen LogP contribution in [-0.2, 0) is 16.3 Å². The summed E-state index contributed by atoms with van der Waals surface area (Å²) in [5.74, 6) is 0. The van der Waals surface area contributed by atoms with Crippen LogP contribution in [0.4, 0.5) is 10.5 Å². The summed E-state index contributed by atoms with van der Waals surface area (Å²) in [6.45, 7) is 5.73. The predicted molar refractivity (Wildman–Crippen MR) is 90.8 cm³/mol. The van der Waals surface area contributed by atoms with E-state index in [0.29, 0.717) is 10.6 Å². The molecular formula is C15H19N3O2S2. The Morgan fingerprint density at radius 3 is 2.68 bits per heavy atom. The molecule has 0 saturated carbocycles. The summed E-state index contributed by atoms with van der Waals surface area (Å²) < 4.78 is 11.5. The second kappa shape index (κ2) is 6.58. The van der Waals surface area contributed by atoms with Crippen LogP contribution in [0, 0.1) is 6.92 Å². The topological polar surface area (TPSA) is 71.1 Å². The summed E-state index contributed by atoms with van der Waals surface area (Å²) in [5, 5.41) is 8.47. The van der Waals surface area contributed by atoms with E-state index in [1.165, 1.54) is 11.3 Å². The van der Waals surface area contributed by atoms with E-state index in [0.717, 1.165) is 10.7 Å². The molecule has 22 heavy (non-hydrogen) atoms. The van der Waals surface area contributed by atoms with Crippen LogP contribution in [0.5, 0.6) is 0 Å². The first-order chi connectivity index (χ1) is 10.3. The summed E-state index contributed by atoms with van der Waals surface area (Å²) in [6, 6.07) is 6.67. The first-order valence-corrected chi connectivity index (χ1v) is 9.17. The van der Waals surface area contributed by atoms with E-state index in [-0.39, 0.29) is 6.03 Å². The normalized spacial score (nSPS) is 12.7. The quantitative estimate of drug-likeness (QED) is 0.899. The van der Waals surface area contributed by atoms with Gasteiger partial charge in [-0.15, -0.1) is 11.3 Å². The highest BCUT2D eigenvalue weighted by Gasteiger charge is 2.26. The van der Waals surface area contributed by atoms with Crippen molar-refractivity contribution in [1.82, 2.24) is 10.3 Å². The summed E-state index contributed by atoms with van der Waals surface area (Å²) >= 11 is 1.52. The van der Waals surface area contributed by atoms with Crippen LogP contribution in [0.2, 0.25) is 0 Å². The highest BCUT2D eigenvalue weighted by atomic mass is 32.2. The fourth-order valence-electron chi connectivity index (χ4n) is 1.89. The van der Waals surface area contributed by atoms with E-state index in [1.54, 1.807) is 30.5 Å². The Morgan fingerprint density at radius 2 is 2.09 bits per heavy atom. The van der Waals surface area contributed by atoms with E-state index in [4.69, 9.17) is 0 Å². The fourth-order valence-corrected chi connectivity index (χ4v) is 3.33. The molecule has 0 unspecified atom stereocenters. The zero-order valence-electron chi connectivity index (χ0n) is 13.0. The summed E-state index contributed by atoms with van der Waals surface area (Å²) in [7, 11) is -1.08. The van der Waals surface area contributed by atoms with Gasteiger partial charge in [-0.25, -0.2) is 9.78 Å². The van der Waals surface area contributed by atoms with Gasteiger partial charge in [0, 0.05) is 38.7 Å². The fraction of sp³-hybridized carbons (Fsp3) is 0.333. The van der Waals surface area contributed by atoms with E-state index in [9.17, 15) is 9.00 Å². The van der Waals surface area contributed by atoms with Gasteiger partial charge < -0.3 is 10.6 Å². The molecule has 1 atom stereocenters. The molecule has 2 aromatic rings. The molecule has 1 aromatic heterocycles. The van der Waals surface area contributed by atoms with Crippen LogP contribution in [0.25, 0.3) is 0 Å². The smallest absolute Gasteiger partial charge is 0.319 e. The van der Waals surface area contributed by atoms with Gasteiger partial charge in [0.1, 0.15) is 5.01 Å². The molecule has 2 rings (SSSR count). The van der Waals surface area contributed by atoms with Crippen LogP contribution < -0.4 is 10.6 Å². The number of rotatable bonds is 4. The van der Waals surface area contributed by atoms with Crippen molar-refractivity contribution in [2.75, 3.05) is 11.6 Å². The number of aryl methyl sites for hydroxylation is 1. The molecule has 0 aliphatic rings. The molecule has 5 nitrogen and oxygen atoms in total. The highest BCUT2D eigenvalue weighted by Crippen LogP contribution is 2.24. The molecule has 2 N–H and O–H groups in total. The lowest BCUT2D eigenvalue weighted by Crippen LogP contribution is -2.43. The first-order valence-electron chi connectivity index (χ1n) is 6.73. The number of anilines is 1. The number of carbonyl (C=O) groups excluding carboxylic acids is 1. The molecule has 0 fully saturated rings. The van der Waals surface area contributed by atoms with Gasteiger partial charge in [0.25, 0.3) is 0 Å². The minimum atomic E-state index is -1.08. The number of amides is 2. The monoisotopic (exact) mass is 337 g/mol. The Morgan fingerprint density at radius 1 is 1.36 bits per heavy atom. The number of nitrogens with zero attached hydrogens (tertiary/aromatic N) is 1. The molecule has 1 heterocycles. The van der Waals surface area contributed by atoms with Gasteiger partial charge in [0.15, 0.2) is 0 Å². The van der Waals surface area contributed by atoms with Crippen molar-refractivity contribution in [1.29, 1.82) is 0 Å². The average molecular weight is 337 g/mol. The van der Waals surface area contributed by atoms with E-state index >= 15 is 0 Å². The van der Waals surface area contributed by atoms with Gasteiger partial charge in [-0.2, -0.15) is 0 Å². The van der Waals surface area contributed by atoms with Gasteiger partial charge in [0.2, 0.25) is 0 Å². The number of thiazole rings is 1. The SMILES string of the molecule is Cc1csc(C(C)(C)NC(=O)Nc2cccc([S@@](C)=O)c2)n1. The molecule has 0 radical (unpaired) electrons. The Balaban J connectivity index is 2.06. The molecule has 0 bridgehead atoms. The zero-order chi connectivity index (χ0) is 16.3. The number of hydrogen-bond acceptors (Lipinski definition) is 4. The lowest BCUT2D eigenvalue weighted by molar-refractivity contribution is 0.241. The van der Waals surface area contributed by atoms with E-state index < -0.39 is 16.3 Å². The maximum absolute atomic E-state index is 12.2. The van der Waals surface area contributed by atoms with Gasteiger partial charge in [-0.1, -0.05) is 6.07 Å². The number of hydrogen-bond donors (Lipinski definition) is 2. The molecule has 7 heteroatoms. The lowest BCUT2D eigenvalue weighted by atomic mass is 10.1. The van der Waals surface area contributed by atoms with Crippen molar-refractivity contribution in [3.8, 4) is 0 Å². The van der Waals surface area contributed by atoms with Crippen LogP contribution >= 0.6 is 11.3 Å². The molecule has 1 aromatic carbocycles. The van der Waals surface area contributed by atoms with E-state index in [2.05, 4.69) is 15.6 Å². The molecule has 0 saturated heterocycles. The van der Waals surface area contributed by atoms with Crippen molar-refractivity contribution in [3.05, 3.63) is 40.3 Å². The van der Waals surface area contributed by atoms with Gasteiger partial charge in [-0.3, -0.25) is 4.21 Å². The highest BCUT2D eigenvalue weighted by molar-refractivity contribution is 7.84. The largest absolute Gasteiger partial charge is 0.326 e. The van der Waals surface area contributed by atoms with Gasteiger partial charge >= 0.3 is 6.03 Å². The van der Waals surface area contributed by atoms with Gasteiger partial charge in [-0.05, 0) is 39.0 Å². The second-order valence-electron chi connectivity index (χ2n) is 5.48. The molecule has 0 spiro atoms. The Labute approximate surface area is 136 Å². The van der Waals surface area contributed by atoms with Gasteiger partial charge in [0.05, 0.1) is 5.54 Å². The van der Waals surface area contributed by atoms with Crippen LogP contribution in [0.15, 0.2) is 34.5 Å². The Bertz CT molecular complexity index is 710. The van der Waals surface area contributed by atoms with Crippen molar-refractivity contribution < 1.29 is 9.00 Å². The van der Waals surface area contributed by atoms with Crippen LogP contribution in [-0.4, -0.2) is 21.5 Å². The van der Waals surface area contributed by atoms with Crippen LogP contribution in [0.3, 0.4) is 0 Å². The molecule has 118 valence electrons. The van der Waals surface area contributed by atoms with E-state index in [1.807, 2.05) is 26.2 Å². The Kier molecular flexibility index (Phi) is 4.97. The summed E-state index contributed by atoms with van der Waals surface area (Å²) in [5.41, 5.74) is 0.985. The molecule has 0 aliphatic heterocycles. The molecule has 2 amide bonds. The number of carbonyl (C=O) groups is 1. The third-order valence-corrected chi connectivity index (χ3v) is 5.21. The minimum Gasteiger partial charge on any atom is -0.326 e. The van der Waals surface area contributed by atoms with Crippen LogP contribution in [0.1, 0.15) is 24.5 Å². The third-order valence-electron chi connectivity index (χ3n) is 3.00. The number of urea groups is 1. The lowest BCUT2D eigenvalue weighted by Gasteiger charge is -2.24. The van der Waals surface area contributed by atoms with Crippen molar-refractivity contribution in [3.63, 3.8) is 0 Å². The number of aromatic nitrogens is 1. The Hall–Kier alpha value is -1.73. The maximum Gasteiger partial charge on any atom is 0.319 e. The first kappa shape index (κ1) is 16.6. The molecular weight excluding hydrogens is 318 g/mol. The average Bonchev–Trinajstić information content (AvgIpc) is 2.85. The minimum absolute atomic E-state index is 0.322. The van der Waals surface area contributed by atoms with Crippen molar-refractivity contribution in [2.45, 2.75) is 31.2 Å². The maximum atomic E-state index is 12.2. The van der Waals surface area contributed by atoms with Crippen molar-refractivity contribution >= 4 is 33.9 Å². The summed E-state index contributed by atoms with van der Waals surface area (Å²) in [4.78, 5) is 17.3. The summed E-state index contributed by atoms with van der Waals surface area (Å²) in [6.07, 6.45) is 1.60. The molecule has 0 aliphatic carbocycles. The third kappa shape index (κ3) is 4.14. The number of benzene rings is 1. The zero-order valence-corrected chi connectivity index (χ0v) is 14.6. The number of nitrogens with one attached hydrogen (secondary N) is 2. The second-order valence-corrected chi connectivity index (χ2v) is 7.72.